The van der Waals surface area contributed by atoms with Gasteiger partial charge in [-0.2, -0.15) is 0 Å². The summed E-state index contributed by atoms with van der Waals surface area (Å²) in [5, 5.41) is 17.7. The summed E-state index contributed by atoms with van der Waals surface area (Å²) < 4.78 is 0. The molecule has 0 amide bonds. The number of aliphatic hydroxyl groups excluding tert-OH is 2. The number of hydrogen-bond acceptors (Lipinski definition) is 2. The SMILES string of the molecule is CCCCCCCCCCCC(O)CO. The van der Waals surface area contributed by atoms with Gasteiger partial charge in [-0.15, -0.1) is 0 Å². The molecular formula is C13H28O2. The Bertz CT molecular complexity index is 115. The van der Waals surface area contributed by atoms with Gasteiger partial charge in [0.15, 0.2) is 0 Å². The minimum atomic E-state index is -0.491. The first kappa shape index (κ1) is 14.9. The van der Waals surface area contributed by atoms with Crippen LogP contribution in [0.5, 0.6) is 0 Å². The van der Waals surface area contributed by atoms with Crippen molar-refractivity contribution in [2.24, 2.45) is 0 Å². The summed E-state index contributed by atoms with van der Waals surface area (Å²) in [5.41, 5.74) is 0. The second-order valence-corrected chi connectivity index (χ2v) is 4.45. The summed E-state index contributed by atoms with van der Waals surface area (Å²) in [4.78, 5) is 0. The molecule has 0 aliphatic carbocycles. The van der Waals surface area contributed by atoms with E-state index in [4.69, 9.17) is 10.2 Å². The van der Waals surface area contributed by atoms with E-state index in [0.717, 1.165) is 12.8 Å². The fourth-order valence-electron chi connectivity index (χ4n) is 1.78. The van der Waals surface area contributed by atoms with Crippen molar-refractivity contribution in [1.29, 1.82) is 0 Å². The topological polar surface area (TPSA) is 40.5 Å². The zero-order valence-electron chi connectivity index (χ0n) is 10.2. The number of unbranched alkanes of at least 4 members (excludes halogenated alkanes) is 8. The van der Waals surface area contributed by atoms with Crippen LogP contribution in [0.3, 0.4) is 0 Å². The van der Waals surface area contributed by atoms with Gasteiger partial charge < -0.3 is 10.2 Å². The molecule has 0 saturated heterocycles. The third-order valence-electron chi connectivity index (χ3n) is 2.85. The molecule has 0 spiro atoms. The zero-order chi connectivity index (χ0) is 11.4. The molecule has 92 valence electrons. The van der Waals surface area contributed by atoms with E-state index in [0.29, 0.717) is 0 Å². The molecule has 0 aliphatic heterocycles. The first-order valence-corrected chi connectivity index (χ1v) is 6.60. The van der Waals surface area contributed by atoms with Crippen LogP contribution in [0.1, 0.15) is 71.1 Å². The lowest BCUT2D eigenvalue weighted by molar-refractivity contribution is 0.0860. The predicted octanol–water partition coefficient (Wildman–Crippen LogP) is 3.26. The molecule has 0 rings (SSSR count). The maximum atomic E-state index is 9.11. The molecule has 1 unspecified atom stereocenters. The third kappa shape index (κ3) is 11.8. The molecule has 0 saturated carbocycles. The molecule has 2 N–H and O–H groups in total. The maximum Gasteiger partial charge on any atom is 0.0770 e. The molecule has 0 bridgehead atoms. The average molecular weight is 216 g/mol. The largest absolute Gasteiger partial charge is 0.394 e. The van der Waals surface area contributed by atoms with Gasteiger partial charge in [-0.25, -0.2) is 0 Å². The van der Waals surface area contributed by atoms with Crippen molar-refractivity contribution in [2.75, 3.05) is 6.61 Å². The van der Waals surface area contributed by atoms with Crippen molar-refractivity contribution >= 4 is 0 Å². The lowest BCUT2D eigenvalue weighted by Crippen LogP contribution is -2.10. The fourth-order valence-corrected chi connectivity index (χ4v) is 1.78. The van der Waals surface area contributed by atoms with Crippen molar-refractivity contribution in [1.82, 2.24) is 0 Å². The van der Waals surface area contributed by atoms with Crippen LogP contribution >= 0.6 is 0 Å². The van der Waals surface area contributed by atoms with Crippen LogP contribution in [0, 0.1) is 0 Å². The highest BCUT2D eigenvalue weighted by atomic mass is 16.3. The molecule has 0 heterocycles. The van der Waals surface area contributed by atoms with Crippen molar-refractivity contribution in [2.45, 2.75) is 77.2 Å². The van der Waals surface area contributed by atoms with E-state index >= 15 is 0 Å². The van der Waals surface area contributed by atoms with Crippen LogP contribution in [0.2, 0.25) is 0 Å². The van der Waals surface area contributed by atoms with Gasteiger partial charge in [0, 0.05) is 0 Å². The molecule has 1 atom stereocenters. The van der Waals surface area contributed by atoms with Gasteiger partial charge in [0.1, 0.15) is 0 Å². The first-order valence-electron chi connectivity index (χ1n) is 6.60. The Morgan fingerprint density at radius 2 is 1.27 bits per heavy atom. The van der Waals surface area contributed by atoms with Crippen molar-refractivity contribution in [3.05, 3.63) is 0 Å². The highest BCUT2D eigenvalue weighted by Crippen LogP contribution is 2.11. The Balaban J connectivity index is 2.92. The van der Waals surface area contributed by atoms with Gasteiger partial charge in [-0.05, 0) is 6.42 Å². The molecule has 0 aromatic heterocycles. The first-order chi connectivity index (χ1) is 7.31. The van der Waals surface area contributed by atoms with Gasteiger partial charge >= 0.3 is 0 Å². The third-order valence-corrected chi connectivity index (χ3v) is 2.85. The monoisotopic (exact) mass is 216 g/mol. The molecule has 0 radical (unpaired) electrons. The standard InChI is InChI=1S/C13H28O2/c1-2-3-4-5-6-7-8-9-10-11-13(15)12-14/h13-15H,2-12H2,1H3. The Hall–Kier alpha value is -0.0800. The molecule has 0 aliphatic rings. The van der Waals surface area contributed by atoms with Crippen LogP contribution in [0.4, 0.5) is 0 Å². The van der Waals surface area contributed by atoms with Crippen LogP contribution in [-0.2, 0) is 0 Å². The molecule has 2 heteroatoms. The van der Waals surface area contributed by atoms with E-state index in [2.05, 4.69) is 6.92 Å². The minimum Gasteiger partial charge on any atom is -0.394 e. The van der Waals surface area contributed by atoms with Gasteiger partial charge in [-0.3, -0.25) is 0 Å². The lowest BCUT2D eigenvalue weighted by Gasteiger charge is -2.06. The van der Waals surface area contributed by atoms with E-state index in [9.17, 15) is 0 Å². The summed E-state index contributed by atoms with van der Waals surface area (Å²) in [6.07, 6.45) is 12.0. The summed E-state index contributed by atoms with van der Waals surface area (Å²) in [7, 11) is 0. The normalized spacial score (nSPS) is 13.0. The number of hydrogen-bond donors (Lipinski definition) is 2. The van der Waals surface area contributed by atoms with E-state index < -0.39 is 6.10 Å². The van der Waals surface area contributed by atoms with Gasteiger partial charge in [0.05, 0.1) is 12.7 Å². The van der Waals surface area contributed by atoms with E-state index in [1.165, 1.54) is 51.4 Å². The second kappa shape index (κ2) is 12.0. The maximum absolute atomic E-state index is 9.11. The molecule has 0 aromatic carbocycles. The number of rotatable bonds is 11. The van der Waals surface area contributed by atoms with Gasteiger partial charge in [0.2, 0.25) is 0 Å². The highest BCUT2D eigenvalue weighted by Gasteiger charge is 2.00. The summed E-state index contributed by atoms with van der Waals surface area (Å²) in [5.74, 6) is 0. The van der Waals surface area contributed by atoms with Gasteiger partial charge in [0.25, 0.3) is 0 Å². The van der Waals surface area contributed by atoms with Crippen LogP contribution in [0.15, 0.2) is 0 Å². The lowest BCUT2D eigenvalue weighted by atomic mass is 10.1. The van der Waals surface area contributed by atoms with Crippen LogP contribution < -0.4 is 0 Å². The highest BCUT2D eigenvalue weighted by molar-refractivity contribution is 4.53. The summed E-state index contributed by atoms with van der Waals surface area (Å²) >= 11 is 0. The predicted molar refractivity (Wildman–Crippen MR) is 64.9 cm³/mol. The molecule has 15 heavy (non-hydrogen) atoms. The smallest absolute Gasteiger partial charge is 0.0770 e. The fraction of sp³-hybridized carbons (Fsp3) is 1.00. The molecule has 0 fully saturated rings. The zero-order valence-corrected chi connectivity index (χ0v) is 10.2. The molecule has 0 aromatic rings. The van der Waals surface area contributed by atoms with Crippen molar-refractivity contribution < 1.29 is 10.2 Å². The van der Waals surface area contributed by atoms with E-state index in [-0.39, 0.29) is 6.61 Å². The Labute approximate surface area is 94.7 Å². The van der Waals surface area contributed by atoms with Crippen molar-refractivity contribution in [3.8, 4) is 0 Å². The summed E-state index contributed by atoms with van der Waals surface area (Å²) in [6.45, 7) is 2.16. The van der Waals surface area contributed by atoms with Crippen LogP contribution in [0.25, 0.3) is 0 Å². The van der Waals surface area contributed by atoms with Crippen LogP contribution in [-0.4, -0.2) is 22.9 Å². The molecular weight excluding hydrogens is 188 g/mol. The minimum absolute atomic E-state index is 0.0863. The second-order valence-electron chi connectivity index (χ2n) is 4.45. The van der Waals surface area contributed by atoms with E-state index in [1.54, 1.807) is 0 Å². The number of aliphatic hydroxyl groups is 2. The van der Waals surface area contributed by atoms with Crippen molar-refractivity contribution in [3.63, 3.8) is 0 Å². The Morgan fingerprint density at radius 3 is 1.73 bits per heavy atom. The molecule has 2 nitrogen and oxygen atoms in total. The summed E-state index contributed by atoms with van der Waals surface area (Å²) in [6, 6.07) is 0. The van der Waals surface area contributed by atoms with E-state index in [1.807, 2.05) is 0 Å². The Kier molecular flexibility index (Phi) is 11.9. The van der Waals surface area contributed by atoms with Gasteiger partial charge in [-0.1, -0.05) is 64.7 Å². The Morgan fingerprint density at radius 1 is 0.800 bits per heavy atom. The quantitative estimate of drug-likeness (QED) is 0.520. The average Bonchev–Trinajstić information content (AvgIpc) is 2.26.